The summed E-state index contributed by atoms with van der Waals surface area (Å²) in [6.07, 6.45) is 1.14. The first-order valence-electron chi connectivity index (χ1n) is 7.01. The monoisotopic (exact) mass is 312 g/mol. The fraction of sp³-hybridized carbons (Fsp3) is 0.533. The van der Waals surface area contributed by atoms with Crippen molar-refractivity contribution in [2.24, 2.45) is 0 Å². The molecule has 1 atom stereocenters. The van der Waals surface area contributed by atoms with Crippen molar-refractivity contribution in [3.63, 3.8) is 0 Å². The summed E-state index contributed by atoms with van der Waals surface area (Å²) in [5, 5.41) is 3.93. The molecule has 1 fully saturated rings. The van der Waals surface area contributed by atoms with Gasteiger partial charge < -0.3 is 10.2 Å². The van der Waals surface area contributed by atoms with Crippen molar-refractivity contribution >= 4 is 30.1 Å². The van der Waals surface area contributed by atoms with Crippen LogP contribution in [0.1, 0.15) is 34.8 Å². The molecular formula is C15H21ClN2OS. The molecular weight excluding hydrogens is 292 g/mol. The van der Waals surface area contributed by atoms with Crippen LogP contribution in [0.5, 0.6) is 0 Å². The molecule has 0 bridgehead atoms. The van der Waals surface area contributed by atoms with Gasteiger partial charge in [-0.1, -0.05) is 13.0 Å². The van der Waals surface area contributed by atoms with Crippen molar-refractivity contribution in [1.82, 2.24) is 10.2 Å². The smallest absolute Gasteiger partial charge is 0.253 e. The van der Waals surface area contributed by atoms with Crippen LogP contribution in [0.15, 0.2) is 18.2 Å². The number of nitrogens with one attached hydrogen (secondary N) is 1. The lowest BCUT2D eigenvalue weighted by molar-refractivity contribution is 0.0761. The molecule has 1 aromatic rings. The molecule has 2 heterocycles. The van der Waals surface area contributed by atoms with Gasteiger partial charge in [-0.15, -0.1) is 12.4 Å². The van der Waals surface area contributed by atoms with Crippen LogP contribution in [0.2, 0.25) is 0 Å². The predicted octanol–water partition coefficient (Wildman–Crippen LogP) is 2.68. The number of fused-ring (bicyclic) bond motifs is 1. The minimum absolute atomic E-state index is 0. The molecule has 110 valence electrons. The van der Waals surface area contributed by atoms with Crippen molar-refractivity contribution in [3.05, 3.63) is 34.9 Å². The number of hydrogen-bond donors (Lipinski definition) is 1. The summed E-state index contributed by atoms with van der Waals surface area (Å²) in [5.74, 6) is 1.27. The molecule has 1 aromatic carbocycles. The van der Waals surface area contributed by atoms with Crippen molar-refractivity contribution in [1.29, 1.82) is 0 Å². The van der Waals surface area contributed by atoms with E-state index in [1.165, 1.54) is 11.1 Å². The molecule has 1 amide bonds. The Kier molecular flexibility index (Phi) is 5.35. The van der Waals surface area contributed by atoms with Crippen LogP contribution in [0, 0.1) is 0 Å². The minimum atomic E-state index is 0. The molecule has 5 heteroatoms. The lowest BCUT2D eigenvalue weighted by Crippen LogP contribution is -2.41. The van der Waals surface area contributed by atoms with Crippen LogP contribution in [-0.4, -0.2) is 34.9 Å². The lowest BCUT2D eigenvalue weighted by Gasteiger charge is -2.32. The highest BCUT2D eigenvalue weighted by Crippen LogP contribution is 2.23. The van der Waals surface area contributed by atoms with Gasteiger partial charge >= 0.3 is 0 Å². The first-order valence-corrected chi connectivity index (χ1v) is 8.06. The van der Waals surface area contributed by atoms with E-state index in [-0.39, 0.29) is 18.3 Å². The van der Waals surface area contributed by atoms with E-state index in [0.29, 0.717) is 5.25 Å². The van der Waals surface area contributed by atoms with E-state index < -0.39 is 0 Å². The Morgan fingerprint density at radius 3 is 3.00 bits per heavy atom. The van der Waals surface area contributed by atoms with E-state index in [9.17, 15) is 4.79 Å². The van der Waals surface area contributed by atoms with Crippen molar-refractivity contribution in [2.75, 3.05) is 18.8 Å². The largest absolute Gasteiger partial charge is 0.337 e. The predicted molar refractivity (Wildman–Crippen MR) is 86.7 cm³/mol. The molecule has 0 spiro atoms. The topological polar surface area (TPSA) is 32.3 Å². The zero-order valence-corrected chi connectivity index (χ0v) is 13.4. The van der Waals surface area contributed by atoms with Crippen molar-refractivity contribution in [2.45, 2.75) is 31.7 Å². The third kappa shape index (κ3) is 3.13. The van der Waals surface area contributed by atoms with Crippen LogP contribution in [0.25, 0.3) is 0 Å². The Morgan fingerprint density at radius 2 is 2.20 bits per heavy atom. The summed E-state index contributed by atoms with van der Waals surface area (Å²) in [6, 6.07) is 6.15. The molecule has 3 rings (SSSR count). The van der Waals surface area contributed by atoms with E-state index in [1.807, 2.05) is 22.7 Å². The fourth-order valence-electron chi connectivity index (χ4n) is 2.76. The Morgan fingerprint density at radius 1 is 1.40 bits per heavy atom. The zero-order valence-electron chi connectivity index (χ0n) is 11.7. The summed E-state index contributed by atoms with van der Waals surface area (Å²) >= 11 is 2.00. The average Bonchev–Trinajstić information content (AvgIpc) is 2.94. The number of benzene rings is 1. The van der Waals surface area contributed by atoms with Gasteiger partial charge in [-0.05, 0) is 29.7 Å². The second-order valence-corrected chi connectivity index (χ2v) is 6.65. The summed E-state index contributed by atoms with van der Waals surface area (Å²) in [6.45, 7) is 5.81. The number of carbonyl (C=O) groups excluding carboxylic acids is 1. The summed E-state index contributed by atoms with van der Waals surface area (Å²) < 4.78 is 0. The first-order chi connectivity index (χ1) is 9.28. The first kappa shape index (κ1) is 15.7. The number of rotatable bonds is 2. The van der Waals surface area contributed by atoms with E-state index in [4.69, 9.17) is 0 Å². The van der Waals surface area contributed by atoms with Crippen molar-refractivity contribution in [3.8, 4) is 0 Å². The molecule has 3 nitrogen and oxygen atoms in total. The van der Waals surface area contributed by atoms with Gasteiger partial charge in [-0.2, -0.15) is 11.8 Å². The molecule has 1 N–H and O–H groups in total. The highest BCUT2D eigenvalue weighted by atomic mass is 35.5. The van der Waals surface area contributed by atoms with Gasteiger partial charge in [0.1, 0.15) is 0 Å². The lowest BCUT2D eigenvalue weighted by atomic mass is 10.1. The van der Waals surface area contributed by atoms with Crippen LogP contribution < -0.4 is 5.32 Å². The maximum Gasteiger partial charge on any atom is 0.253 e. The van der Waals surface area contributed by atoms with Gasteiger partial charge in [-0.3, -0.25) is 4.79 Å². The van der Waals surface area contributed by atoms with Crippen LogP contribution >= 0.6 is 24.2 Å². The number of carbonyl (C=O) groups is 1. The number of thioether (sulfide) groups is 1. The molecule has 0 aliphatic carbocycles. The zero-order chi connectivity index (χ0) is 13.2. The molecule has 0 saturated carbocycles. The fourth-order valence-corrected chi connectivity index (χ4v) is 3.94. The van der Waals surface area contributed by atoms with Gasteiger partial charge in [0, 0.05) is 42.7 Å². The summed E-state index contributed by atoms with van der Waals surface area (Å²) in [7, 11) is 0. The molecule has 20 heavy (non-hydrogen) atoms. The third-order valence-electron chi connectivity index (χ3n) is 3.97. The van der Waals surface area contributed by atoms with E-state index in [2.05, 4.69) is 24.4 Å². The van der Waals surface area contributed by atoms with Gasteiger partial charge in [0.25, 0.3) is 5.91 Å². The van der Waals surface area contributed by atoms with Gasteiger partial charge in [0.05, 0.1) is 0 Å². The van der Waals surface area contributed by atoms with Gasteiger partial charge in [0.2, 0.25) is 0 Å². The van der Waals surface area contributed by atoms with E-state index in [0.717, 1.165) is 43.9 Å². The van der Waals surface area contributed by atoms with E-state index in [1.54, 1.807) is 0 Å². The second kappa shape index (κ2) is 6.83. The molecule has 0 radical (unpaired) electrons. The Bertz CT molecular complexity index is 495. The van der Waals surface area contributed by atoms with Crippen molar-refractivity contribution < 1.29 is 4.79 Å². The Hall–Kier alpha value is -0.710. The quantitative estimate of drug-likeness (QED) is 0.911. The molecule has 1 saturated heterocycles. The summed E-state index contributed by atoms with van der Waals surface area (Å²) in [5.41, 5.74) is 3.46. The molecule has 0 aromatic heterocycles. The number of hydrogen-bond acceptors (Lipinski definition) is 3. The highest BCUT2D eigenvalue weighted by Gasteiger charge is 2.24. The van der Waals surface area contributed by atoms with Crippen LogP contribution in [-0.2, 0) is 13.1 Å². The van der Waals surface area contributed by atoms with Gasteiger partial charge in [0.15, 0.2) is 0 Å². The third-order valence-corrected chi connectivity index (χ3v) is 5.34. The maximum absolute atomic E-state index is 12.6. The average molecular weight is 313 g/mol. The highest BCUT2D eigenvalue weighted by molar-refractivity contribution is 8.00. The Labute approximate surface area is 130 Å². The number of nitrogens with zero attached hydrogens (tertiary/aromatic N) is 1. The normalized spacial score (nSPS) is 21.2. The number of amides is 1. The van der Waals surface area contributed by atoms with Crippen LogP contribution in [0.3, 0.4) is 0 Å². The van der Waals surface area contributed by atoms with Crippen LogP contribution in [0.4, 0.5) is 0 Å². The summed E-state index contributed by atoms with van der Waals surface area (Å²) in [4.78, 5) is 14.6. The van der Waals surface area contributed by atoms with E-state index >= 15 is 0 Å². The SMILES string of the molecule is CCC1CN(C(=O)c2ccc3c(c2)CNC3)CCS1.Cl. The molecule has 1 unspecified atom stereocenters. The maximum atomic E-state index is 12.6. The molecule has 2 aliphatic heterocycles. The Balaban J connectivity index is 0.00000147. The second-order valence-electron chi connectivity index (χ2n) is 5.24. The standard InChI is InChI=1S/C15H20N2OS.ClH/c1-2-14-10-17(5-6-19-14)15(18)11-3-4-12-8-16-9-13(12)7-11;/h3-4,7,14,16H,2,5-6,8-10H2,1H3;1H. The number of halogens is 1. The minimum Gasteiger partial charge on any atom is -0.337 e. The van der Waals surface area contributed by atoms with Gasteiger partial charge in [-0.25, -0.2) is 0 Å². The molecule has 2 aliphatic rings.